The smallest absolute Gasteiger partial charge is 0.305 e. The molecule has 16 heavy (non-hydrogen) atoms. The van der Waals surface area contributed by atoms with Gasteiger partial charge in [0.15, 0.2) is 0 Å². The van der Waals surface area contributed by atoms with Crippen LogP contribution in [0.1, 0.15) is 33.6 Å². The Morgan fingerprint density at radius 2 is 1.88 bits per heavy atom. The molecule has 0 radical (unpaired) electrons. The van der Waals surface area contributed by atoms with Crippen LogP contribution in [0.25, 0.3) is 0 Å². The molecule has 0 aromatic heterocycles. The molecular formula is C11H22N2O3. The summed E-state index contributed by atoms with van der Waals surface area (Å²) in [6.45, 7) is 5.98. The molecule has 0 rings (SSSR count). The van der Waals surface area contributed by atoms with Gasteiger partial charge in [-0.15, -0.1) is 0 Å². The summed E-state index contributed by atoms with van der Waals surface area (Å²) in [6.07, 6.45) is 0.622. The van der Waals surface area contributed by atoms with E-state index in [0.29, 0.717) is 12.3 Å². The molecule has 5 nitrogen and oxygen atoms in total. The molecule has 0 bridgehead atoms. The fourth-order valence-electron chi connectivity index (χ4n) is 1.42. The molecule has 0 aliphatic carbocycles. The van der Waals surface area contributed by atoms with Crippen LogP contribution in [-0.2, 0) is 9.59 Å². The van der Waals surface area contributed by atoms with Gasteiger partial charge in [0, 0.05) is 18.5 Å². The van der Waals surface area contributed by atoms with Gasteiger partial charge in [-0.2, -0.15) is 0 Å². The Morgan fingerprint density at radius 1 is 1.31 bits per heavy atom. The van der Waals surface area contributed by atoms with E-state index in [1.165, 1.54) is 0 Å². The highest BCUT2D eigenvalue weighted by molar-refractivity contribution is 5.79. The maximum absolute atomic E-state index is 11.6. The Hall–Kier alpha value is -1.10. The van der Waals surface area contributed by atoms with E-state index in [1.54, 1.807) is 6.92 Å². The van der Waals surface area contributed by atoms with Crippen molar-refractivity contribution in [2.24, 2.45) is 17.6 Å². The molecule has 0 spiro atoms. The van der Waals surface area contributed by atoms with Crippen molar-refractivity contribution in [2.45, 2.75) is 39.7 Å². The Labute approximate surface area is 96.4 Å². The third-order valence-corrected chi connectivity index (χ3v) is 2.32. The molecular weight excluding hydrogens is 208 g/mol. The quantitative estimate of drug-likeness (QED) is 0.596. The van der Waals surface area contributed by atoms with E-state index >= 15 is 0 Å². The van der Waals surface area contributed by atoms with Gasteiger partial charge < -0.3 is 16.2 Å². The van der Waals surface area contributed by atoms with E-state index in [4.69, 9.17) is 10.8 Å². The largest absolute Gasteiger partial charge is 0.481 e. The lowest BCUT2D eigenvalue weighted by atomic mass is 10.00. The molecule has 4 N–H and O–H groups in total. The number of carboxylic acid groups (broad SMARTS) is 1. The molecule has 0 aromatic rings. The number of nitrogens with one attached hydrogen (secondary N) is 1. The van der Waals surface area contributed by atoms with Crippen LogP contribution >= 0.6 is 0 Å². The standard InChI is InChI=1S/C11H22N2O3/c1-7(2)4-9(5-10(14)15)13-11(16)8(3)6-12/h7-9H,4-6,12H2,1-3H3,(H,13,16)(H,14,15)/t8-,9-/m0/s1. The minimum Gasteiger partial charge on any atom is -0.481 e. The molecule has 0 fully saturated rings. The highest BCUT2D eigenvalue weighted by Gasteiger charge is 2.19. The van der Waals surface area contributed by atoms with Crippen LogP contribution < -0.4 is 11.1 Å². The molecule has 1 amide bonds. The number of carbonyl (C=O) groups is 2. The second kappa shape index (κ2) is 7.22. The number of carbonyl (C=O) groups excluding carboxylic acids is 1. The van der Waals surface area contributed by atoms with Gasteiger partial charge in [0.1, 0.15) is 0 Å². The van der Waals surface area contributed by atoms with Crippen LogP contribution in [0, 0.1) is 11.8 Å². The zero-order valence-electron chi connectivity index (χ0n) is 10.2. The van der Waals surface area contributed by atoms with E-state index in [1.807, 2.05) is 13.8 Å². The average Bonchev–Trinajstić information content (AvgIpc) is 2.14. The molecule has 0 aliphatic heterocycles. The molecule has 0 aliphatic rings. The lowest BCUT2D eigenvalue weighted by Crippen LogP contribution is -2.42. The van der Waals surface area contributed by atoms with Gasteiger partial charge in [0.05, 0.1) is 6.42 Å². The first kappa shape index (κ1) is 14.9. The molecule has 5 heteroatoms. The topological polar surface area (TPSA) is 92.4 Å². The predicted octanol–water partition coefficient (Wildman–Crippen LogP) is 0.587. The highest BCUT2D eigenvalue weighted by atomic mass is 16.4. The maximum Gasteiger partial charge on any atom is 0.305 e. The second-order valence-electron chi connectivity index (χ2n) is 4.57. The summed E-state index contributed by atoms with van der Waals surface area (Å²) in [4.78, 5) is 22.2. The molecule has 0 aromatic carbocycles. The molecule has 0 saturated carbocycles. The monoisotopic (exact) mass is 230 g/mol. The third-order valence-electron chi connectivity index (χ3n) is 2.32. The van der Waals surface area contributed by atoms with Crippen molar-refractivity contribution in [3.8, 4) is 0 Å². The second-order valence-corrected chi connectivity index (χ2v) is 4.57. The molecule has 94 valence electrons. The maximum atomic E-state index is 11.6. The summed E-state index contributed by atoms with van der Waals surface area (Å²) in [5, 5.41) is 11.5. The Kier molecular flexibility index (Phi) is 6.72. The fourth-order valence-corrected chi connectivity index (χ4v) is 1.42. The predicted molar refractivity (Wildman–Crippen MR) is 61.9 cm³/mol. The van der Waals surface area contributed by atoms with Crippen molar-refractivity contribution in [1.29, 1.82) is 0 Å². The van der Waals surface area contributed by atoms with Gasteiger partial charge in [0.2, 0.25) is 5.91 Å². The Bertz CT molecular complexity index is 241. The average molecular weight is 230 g/mol. The Morgan fingerprint density at radius 3 is 2.25 bits per heavy atom. The van der Waals surface area contributed by atoms with Crippen molar-refractivity contribution in [2.75, 3.05) is 6.54 Å². The lowest BCUT2D eigenvalue weighted by molar-refractivity contribution is -0.138. The van der Waals surface area contributed by atoms with Crippen molar-refractivity contribution < 1.29 is 14.7 Å². The van der Waals surface area contributed by atoms with Gasteiger partial charge in [-0.05, 0) is 12.3 Å². The summed E-state index contributed by atoms with van der Waals surface area (Å²) in [5.41, 5.74) is 5.37. The van der Waals surface area contributed by atoms with Crippen LogP contribution in [0.2, 0.25) is 0 Å². The number of hydrogen-bond acceptors (Lipinski definition) is 3. The van der Waals surface area contributed by atoms with Crippen LogP contribution in [0.5, 0.6) is 0 Å². The van der Waals surface area contributed by atoms with E-state index in [9.17, 15) is 9.59 Å². The van der Waals surface area contributed by atoms with Crippen molar-refractivity contribution >= 4 is 11.9 Å². The number of amides is 1. The van der Waals surface area contributed by atoms with Crippen LogP contribution in [0.4, 0.5) is 0 Å². The van der Waals surface area contributed by atoms with Gasteiger partial charge in [0.25, 0.3) is 0 Å². The van der Waals surface area contributed by atoms with E-state index < -0.39 is 5.97 Å². The number of nitrogens with two attached hydrogens (primary N) is 1. The molecule has 0 saturated heterocycles. The SMILES string of the molecule is CC(C)C[C@@H](CC(=O)O)NC(=O)[C@@H](C)CN. The van der Waals surface area contributed by atoms with Gasteiger partial charge in [-0.1, -0.05) is 20.8 Å². The lowest BCUT2D eigenvalue weighted by Gasteiger charge is -2.20. The van der Waals surface area contributed by atoms with E-state index in [0.717, 1.165) is 0 Å². The first-order chi connectivity index (χ1) is 7.36. The minimum atomic E-state index is -0.897. The van der Waals surface area contributed by atoms with Crippen molar-refractivity contribution in [3.63, 3.8) is 0 Å². The fraction of sp³-hybridized carbons (Fsp3) is 0.818. The number of carboxylic acids is 1. The molecule has 2 atom stereocenters. The summed E-state index contributed by atoms with van der Waals surface area (Å²) >= 11 is 0. The third kappa shape index (κ3) is 6.40. The number of rotatable bonds is 7. The Balaban J connectivity index is 4.29. The zero-order valence-corrected chi connectivity index (χ0v) is 10.2. The van der Waals surface area contributed by atoms with Gasteiger partial charge in [-0.3, -0.25) is 9.59 Å². The van der Waals surface area contributed by atoms with E-state index in [-0.39, 0.29) is 30.8 Å². The van der Waals surface area contributed by atoms with Gasteiger partial charge in [-0.25, -0.2) is 0 Å². The van der Waals surface area contributed by atoms with E-state index in [2.05, 4.69) is 5.32 Å². The van der Waals surface area contributed by atoms with Crippen LogP contribution in [0.3, 0.4) is 0 Å². The molecule has 0 unspecified atom stereocenters. The molecule has 0 heterocycles. The van der Waals surface area contributed by atoms with Crippen LogP contribution in [-0.4, -0.2) is 29.6 Å². The summed E-state index contributed by atoms with van der Waals surface area (Å²) in [7, 11) is 0. The number of aliphatic carboxylic acids is 1. The van der Waals surface area contributed by atoms with Crippen LogP contribution in [0.15, 0.2) is 0 Å². The first-order valence-corrected chi connectivity index (χ1v) is 5.59. The highest BCUT2D eigenvalue weighted by Crippen LogP contribution is 2.09. The van der Waals surface area contributed by atoms with Crippen molar-refractivity contribution in [1.82, 2.24) is 5.32 Å². The zero-order chi connectivity index (χ0) is 12.7. The van der Waals surface area contributed by atoms with Crippen molar-refractivity contribution in [3.05, 3.63) is 0 Å². The normalized spacial score (nSPS) is 14.6. The summed E-state index contributed by atoms with van der Waals surface area (Å²) < 4.78 is 0. The summed E-state index contributed by atoms with van der Waals surface area (Å²) in [6, 6.07) is -0.306. The van der Waals surface area contributed by atoms with Gasteiger partial charge >= 0.3 is 5.97 Å². The first-order valence-electron chi connectivity index (χ1n) is 5.59. The minimum absolute atomic E-state index is 0.0405. The summed E-state index contributed by atoms with van der Waals surface area (Å²) in [5.74, 6) is -0.998. The number of hydrogen-bond donors (Lipinski definition) is 3.